The molecule has 4 nitrogen and oxygen atoms in total. The van der Waals surface area contributed by atoms with Gasteiger partial charge in [-0.25, -0.2) is 4.98 Å². The molecule has 1 N–H and O–H groups in total. The van der Waals surface area contributed by atoms with Crippen LogP contribution in [0.25, 0.3) is 11.1 Å². The molecule has 20 heavy (non-hydrogen) atoms. The van der Waals surface area contributed by atoms with Gasteiger partial charge in [-0.15, -0.1) is 0 Å². The standard InChI is InChI=1S/C16H18N2O2/c1-9-17-14-8-12(4-5-15(14)20-9)18-16(19)13-7-10-2-3-11(13)6-10/h4-5,8,10-11,13H,2-3,6-7H2,1H3,(H,18,19). The molecule has 1 heterocycles. The molecular weight excluding hydrogens is 252 g/mol. The molecule has 4 rings (SSSR count). The Bertz CT molecular complexity index is 676. The Morgan fingerprint density at radius 1 is 1.35 bits per heavy atom. The minimum atomic E-state index is 0.178. The van der Waals surface area contributed by atoms with Crippen LogP contribution >= 0.6 is 0 Å². The van der Waals surface area contributed by atoms with E-state index in [1.165, 1.54) is 19.3 Å². The van der Waals surface area contributed by atoms with E-state index in [-0.39, 0.29) is 11.8 Å². The van der Waals surface area contributed by atoms with Gasteiger partial charge in [0.25, 0.3) is 0 Å². The average Bonchev–Trinajstić information content (AvgIpc) is 3.11. The third-order valence-corrected chi connectivity index (χ3v) is 4.84. The maximum absolute atomic E-state index is 12.4. The number of fused-ring (bicyclic) bond motifs is 3. The van der Waals surface area contributed by atoms with Gasteiger partial charge in [-0.1, -0.05) is 6.42 Å². The van der Waals surface area contributed by atoms with E-state index >= 15 is 0 Å². The fourth-order valence-corrected chi connectivity index (χ4v) is 3.92. The molecule has 1 aromatic heterocycles. The van der Waals surface area contributed by atoms with Crippen LogP contribution in [0, 0.1) is 24.7 Å². The molecule has 2 fully saturated rings. The number of nitrogens with one attached hydrogen (secondary N) is 1. The summed E-state index contributed by atoms with van der Waals surface area (Å²) in [7, 11) is 0. The number of anilines is 1. The first-order valence-electron chi connectivity index (χ1n) is 7.37. The van der Waals surface area contributed by atoms with Gasteiger partial charge in [0.15, 0.2) is 11.5 Å². The van der Waals surface area contributed by atoms with E-state index in [4.69, 9.17) is 4.42 Å². The Labute approximate surface area is 117 Å². The van der Waals surface area contributed by atoms with Crippen molar-refractivity contribution in [3.05, 3.63) is 24.1 Å². The van der Waals surface area contributed by atoms with Crippen molar-refractivity contribution >= 4 is 22.7 Å². The zero-order chi connectivity index (χ0) is 13.7. The van der Waals surface area contributed by atoms with Crippen LogP contribution in [0.5, 0.6) is 0 Å². The number of rotatable bonds is 2. The molecule has 2 saturated carbocycles. The molecule has 2 aliphatic rings. The van der Waals surface area contributed by atoms with Crippen molar-refractivity contribution in [1.82, 2.24) is 4.98 Å². The number of benzene rings is 1. The Balaban J connectivity index is 1.53. The second-order valence-electron chi connectivity index (χ2n) is 6.19. The number of oxazole rings is 1. The fourth-order valence-electron chi connectivity index (χ4n) is 3.92. The Hall–Kier alpha value is -1.84. The van der Waals surface area contributed by atoms with Crippen molar-refractivity contribution in [1.29, 1.82) is 0 Å². The van der Waals surface area contributed by atoms with Crippen LogP contribution in [-0.4, -0.2) is 10.9 Å². The number of aryl methyl sites for hydroxylation is 1. The molecular formula is C16H18N2O2. The van der Waals surface area contributed by atoms with Crippen LogP contribution in [0.15, 0.2) is 22.6 Å². The lowest BCUT2D eigenvalue weighted by Crippen LogP contribution is -2.27. The highest BCUT2D eigenvalue weighted by Gasteiger charge is 2.42. The molecule has 3 atom stereocenters. The lowest BCUT2D eigenvalue weighted by Gasteiger charge is -2.20. The van der Waals surface area contributed by atoms with Gasteiger partial charge < -0.3 is 9.73 Å². The molecule has 4 heteroatoms. The quantitative estimate of drug-likeness (QED) is 0.908. The van der Waals surface area contributed by atoms with E-state index in [0.717, 1.165) is 29.1 Å². The largest absolute Gasteiger partial charge is 0.441 e. The summed E-state index contributed by atoms with van der Waals surface area (Å²) in [5, 5.41) is 3.05. The summed E-state index contributed by atoms with van der Waals surface area (Å²) in [6, 6.07) is 5.64. The van der Waals surface area contributed by atoms with Crippen LogP contribution < -0.4 is 5.32 Å². The first-order chi connectivity index (χ1) is 9.69. The van der Waals surface area contributed by atoms with E-state index in [9.17, 15) is 4.79 Å². The topological polar surface area (TPSA) is 55.1 Å². The van der Waals surface area contributed by atoms with Gasteiger partial charge in [-0.2, -0.15) is 0 Å². The second kappa shape index (κ2) is 4.33. The summed E-state index contributed by atoms with van der Waals surface area (Å²) < 4.78 is 5.44. The van der Waals surface area contributed by atoms with Crippen molar-refractivity contribution in [3.8, 4) is 0 Å². The van der Waals surface area contributed by atoms with E-state index in [1.54, 1.807) is 0 Å². The Kier molecular flexibility index (Phi) is 2.59. The number of carbonyl (C=O) groups excluding carboxylic acids is 1. The average molecular weight is 270 g/mol. The monoisotopic (exact) mass is 270 g/mol. The van der Waals surface area contributed by atoms with E-state index < -0.39 is 0 Å². The van der Waals surface area contributed by atoms with Crippen LogP contribution in [-0.2, 0) is 4.79 Å². The van der Waals surface area contributed by atoms with Gasteiger partial charge in [0.05, 0.1) is 0 Å². The molecule has 0 spiro atoms. The normalized spacial score (nSPS) is 28.1. The highest BCUT2D eigenvalue weighted by Crippen LogP contribution is 2.48. The molecule has 3 unspecified atom stereocenters. The van der Waals surface area contributed by atoms with E-state index in [1.807, 2.05) is 25.1 Å². The van der Waals surface area contributed by atoms with Crippen molar-refractivity contribution in [2.75, 3.05) is 5.32 Å². The predicted molar refractivity (Wildman–Crippen MR) is 76.3 cm³/mol. The van der Waals surface area contributed by atoms with Crippen LogP contribution in [0.3, 0.4) is 0 Å². The maximum atomic E-state index is 12.4. The van der Waals surface area contributed by atoms with Gasteiger partial charge in [-0.3, -0.25) is 4.79 Å². The molecule has 0 radical (unpaired) electrons. The summed E-state index contributed by atoms with van der Waals surface area (Å²) in [6.07, 6.45) is 4.87. The fraction of sp³-hybridized carbons (Fsp3) is 0.500. The van der Waals surface area contributed by atoms with Crippen LogP contribution in [0.2, 0.25) is 0 Å². The van der Waals surface area contributed by atoms with Gasteiger partial charge in [0.1, 0.15) is 5.52 Å². The predicted octanol–water partition coefficient (Wildman–Crippen LogP) is 3.51. The first-order valence-corrected chi connectivity index (χ1v) is 7.37. The summed E-state index contributed by atoms with van der Waals surface area (Å²) >= 11 is 0. The highest BCUT2D eigenvalue weighted by molar-refractivity contribution is 5.94. The summed E-state index contributed by atoms with van der Waals surface area (Å²) in [6.45, 7) is 1.83. The smallest absolute Gasteiger partial charge is 0.227 e. The zero-order valence-electron chi connectivity index (χ0n) is 11.6. The minimum Gasteiger partial charge on any atom is -0.441 e. The Morgan fingerprint density at radius 3 is 3.00 bits per heavy atom. The van der Waals surface area contributed by atoms with E-state index in [0.29, 0.717) is 11.8 Å². The highest BCUT2D eigenvalue weighted by atomic mass is 16.3. The molecule has 2 aliphatic carbocycles. The van der Waals surface area contributed by atoms with Crippen molar-refractivity contribution < 1.29 is 9.21 Å². The molecule has 1 aromatic carbocycles. The number of hydrogen-bond donors (Lipinski definition) is 1. The first kappa shape index (κ1) is 11.9. The zero-order valence-corrected chi connectivity index (χ0v) is 11.6. The number of amides is 1. The molecule has 0 aliphatic heterocycles. The van der Waals surface area contributed by atoms with Crippen LogP contribution in [0.4, 0.5) is 5.69 Å². The summed E-state index contributed by atoms with van der Waals surface area (Å²) in [5.41, 5.74) is 2.38. The SMILES string of the molecule is Cc1nc2cc(NC(=O)C3CC4CCC3C4)ccc2o1. The molecule has 2 bridgehead atoms. The van der Waals surface area contributed by atoms with Gasteiger partial charge in [0, 0.05) is 18.5 Å². The molecule has 0 saturated heterocycles. The summed E-state index contributed by atoms with van der Waals surface area (Å²) in [4.78, 5) is 16.7. The molecule has 104 valence electrons. The lowest BCUT2D eigenvalue weighted by atomic mass is 9.88. The van der Waals surface area contributed by atoms with E-state index in [2.05, 4.69) is 10.3 Å². The third kappa shape index (κ3) is 1.90. The van der Waals surface area contributed by atoms with Crippen LogP contribution in [0.1, 0.15) is 31.6 Å². The van der Waals surface area contributed by atoms with Gasteiger partial charge in [0.2, 0.25) is 5.91 Å². The second-order valence-corrected chi connectivity index (χ2v) is 6.19. The minimum absolute atomic E-state index is 0.178. The van der Waals surface area contributed by atoms with Crippen molar-refractivity contribution in [2.24, 2.45) is 17.8 Å². The van der Waals surface area contributed by atoms with Crippen molar-refractivity contribution in [3.63, 3.8) is 0 Å². The molecule has 2 aromatic rings. The third-order valence-electron chi connectivity index (χ3n) is 4.84. The Morgan fingerprint density at radius 2 is 2.25 bits per heavy atom. The van der Waals surface area contributed by atoms with Gasteiger partial charge >= 0.3 is 0 Å². The number of hydrogen-bond acceptors (Lipinski definition) is 3. The number of nitrogens with zero attached hydrogens (tertiary/aromatic N) is 1. The van der Waals surface area contributed by atoms with Crippen molar-refractivity contribution in [2.45, 2.75) is 32.6 Å². The lowest BCUT2D eigenvalue weighted by molar-refractivity contribution is -0.121. The maximum Gasteiger partial charge on any atom is 0.227 e. The number of carbonyl (C=O) groups is 1. The number of aromatic nitrogens is 1. The van der Waals surface area contributed by atoms with Gasteiger partial charge in [-0.05, 0) is 49.3 Å². The molecule has 1 amide bonds. The summed E-state index contributed by atoms with van der Waals surface area (Å²) in [5.74, 6) is 2.44.